The minimum absolute atomic E-state index is 0.0342. The minimum atomic E-state index is -0.377. The fourth-order valence-corrected chi connectivity index (χ4v) is 3.82. The lowest BCUT2D eigenvalue weighted by Gasteiger charge is -2.37. The highest BCUT2D eigenvalue weighted by Crippen LogP contribution is 2.28. The Morgan fingerprint density at radius 2 is 2.00 bits per heavy atom. The van der Waals surface area contributed by atoms with Crippen molar-refractivity contribution >= 4 is 23.2 Å². The Kier molecular flexibility index (Phi) is 4.95. The SMILES string of the molecule is CC1=C(C(=O)Nc2ccc(N3C[C@@H](C)O[C@@H](C)C3)c(F)c2)Cn2nnnc2N1C. The van der Waals surface area contributed by atoms with Crippen LogP contribution in [0.5, 0.6) is 0 Å². The summed E-state index contributed by atoms with van der Waals surface area (Å²) in [5.41, 5.74) is 2.18. The van der Waals surface area contributed by atoms with Crippen LogP contribution in [0.3, 0.4) is 0 Å². The van der Waals surface area contributed by atoms with Crippen LogP contribution >= 0.6 is 0 Å². The number of nitrogens with one attached hydrogen (secondary N) is 1. The zero-order valence-corrected chi connectivity index (χ0v) is 16.9. The first-order valence-electron chi connectivity index (χ1n) is 9.54. The number of fused-ring (bicyclic) bond motifs is 1. The molecule has 1 N–H and O–H groups in total. The standard InChI is InChI=1S/C19H24FN7O2/c1-11-8-26(9-12(2)29-11)17-6-5-14(7-16(17)20)21-18(28)15-10-27-19(22-23-24-27)25(4)13(15)3/h5-7,11-12H,8-10H2,1-4H3,(H,21,28)/t11-,12+. The number of hydrogen-bond acceptors (Lipinski definition) is 7. The number of rotatable bonds is 3. The Hall–Kier alpha value is -3.01. The van der Waals surface area contributed by atoms with Crippen LogP contribution in [0.1, 0.15) is 20.8 Å². The molecule has 0 aliphatic carbocycles. The van der Waals surface area contributed by atoms with Gasteiger partial charge in [0.15, 0.2) is 0 Å². The number of aromatic nitrogens is 4. The van der Waals surface area contributed by atoms with Crippen LogP contribution < -0.4 is 15.1 Å². The molecule has 2 aliphatic heterocycles. The van der Waals surface area contributed by atoms with E-state index in [1.807, 2.05) is 25.7 Å². The molecule has 10 heteroatoms. The van der Waals surface area contributed by atoms with E-state index in [2.05, 4.69) is 20.8 Å². The highest BCUT2D eigenvalue weighted by atomic mass is 19.1. The van der Waals surface area contributed by atoms with Crippen molar-refractivity contribution in [2.45, 2.75) is 39.5 Å². The fraction of sp³-hybridized carbons (Fsp3) is 0.474. The molecule has 2 aromatic rings. The van der Waals surface area contributed by atoms with Crippen molar-refractivity contribution in [3.8, 4) is 0 Å². The first kappa shape index (κ1) is 19.3. The average Bonchev–Trinajstić information content (AvgIpc) is 3.12. The van der Waals surface area contributed by atoms with Crippen molar-refractivity contribution in [1.82, 2.24) is 20.2 Å². The summed E-state index contributed by atoms with van der Waals surface area (Å²) in [6, 6.07) is 4.76. The first-order valence-corrected chi connectivity index (χ1v) is 9.54. The third kappa shape index (κ3) is 3.67. The number of carbonyl (C=O) groups is 1. The predicted molar refractivity (Wildman–Crippen MR) is 106 cm³/mol. The summed E-state index contributed by atoms with van der Waals surface area (Å²) >= 11 is 0. The van der Waals surface area contributed by atoms with E-state index in [1.54, 1.807) is 28.8 Å². The molecule has 0 unspecified atom stereocenters. The molecule has 4 rings (SSSR count). The highest BCUT2D eigenvalue weighted by Gasteiger charge is 2.27. The van der Waals surface area contributed by atoms with Gasteiger partial charge in [-0.3, -0.25) is 4.79 Å². The Balaban J connectivity index is 1.51. The van der Waals surface area contributed by atoms with Gasteiger partial charge in [-0.05, 0) is 49.4 Å². The maximum absolute atomic E-state index is 14.8. The molecule has 0 radical (unpaired) electrons. The zero-order chi connectivity index (χ0) is 20.7. The average molecular weight is 401 g/mol. The third-order valence-electron chi connectivity index (χ3n) is 5.30. The molecule has 1 amide bonds. The molecule has 29 heavy (non-hydrogen) atoms. The fourth-order valence-electron chi connectivity index (χ4n) is 3.82. The Morgan fingerprint density at radius 1 is 1.28 bits per heavy atom. The van der Waals surface area contributed by atoms with Crippen molar-refractivity contribution < 1.29 is 13.9 Å². The summed E-state index contributed by atoms with van der Waals surface area (Å²) in [5.74, 6) is -0.113. The van der Waals surface area contributed by atoms with Crippen LogP contribution in [0.4, 0.5) is 21.7 Å². The number of nitrogens with zero attached hydrogens (tertiary/aromatic N) is 6. The van der Waals surface area contributed by atoms with Gasteiger partial charge in [-0.15, -0.1) is 0 Å². The quantitative estimate of drug-likeness (QED) is 0.839. The summed E-state index contributed by atoms with van der Waals surface area (Å²) in [7, 11) is 1.79. The second kappa shape index (κ2) is 7.43. The van der Waals surface area contributed by atoms with Crippen LogP contribution in [0, 0.1) is 5.82 Å². The van der Waals surface area contributed by atoms with E-state index in [-0.39, 0.29) is 30.5 Å². The van der Waals surface area contributed by atoms with Gasteiger partial charge in [0.25, 0.3) is 5.91 Å². The van der Waals surface area contributed by atoms with Gasteiger partial charge in [0, 0.05) is 31.5 Å². The lowest BCUT2D eigenvalue weighted by atomic mass is 10.1. The first-order chi connectivity index (χ1) is 13.8. The third-order valence-corrected chi connectivity index (χ3v) is 5.30. The highest BCUT2D eigenvalue weighted by molar-refractivity contribution is 6.04. The number of amides is 1. The summed E-state index contributed by atoms with van der Waals surface area (Å²) in [6.07, 6.45) is 0.0683. The van der Waals surface area contributed by atoms with Gasteiger partial charge in [-0.2, -0.15) is 0 Å². The van der Waals surface area contributed by atoms with Gasteiger partial charge in [0.05, 0.1) is 30.0 Å². The lowest BCUT2D eigenvalue weighted by Crippen LogP contribution is -2.45. The van der Waals surface area contributed by atoms with Crippen LogP contribution in [-0.4, -0.2) is 58.5 Å². The summed E-state index contributed by atoms with van der Waals surface area (Å²) in [6.45, 7) is 7.29. The zero-order valence-electron chi connectivity index (χ0n) is 16.9. The van der Waals surface area contributed by atoms with Crippen molar-refractivity contribution in [3.05, 3.63) is 35.3 Å². The van der Waals surface area contributed by atoms with E-state index in [9.17, 15) is 9.18 Å². The molecule has 154 valence electrons. The molecule has 0 spiro atoms. The van der Waals surface area contributed by atoms with E-state index >= 15 is 0 Å². The van der Waals surface area contributed by atoms with Crippen molar-refractivity contribution in [1.29, 1.82) is 0 Å². The van der Waals surface area contributed by atoms with Crippen molar-refractivity contribution in [3.63, 3.8) is 0 Å². The van der Waals surface area contributed by atoms with Gasteiger partial charge >= 0.3 is 0 Å². The molecule has 3 heterocycles. The molecule has 2 aliphatic rings. The maximum Gasteiger partial charge on any atom is 0.255 e. The molecule has 0 saturated carbocycles. The number of ether oxygens (including phenoxy) is 1. The maximum atomic E-state index is 14.8. The van der Waals surface area contributed by atoms with E-state index in [0.29, 0.717) is 36.0 Å². The second-order valence-corrected chi connectivity index (χ2v) is 7.54. The predicted octanol–water partition coefficient (Wildman–Crippen LogP) is 1.79. The van der Waals surface area contributed by atoms with E-state index in [0.717, 1.165) is 5.70 Å². The van der Waals surface area contributed by atoms with Crippen molar-refractivity contribution in [2.75, 3.05) is 35.3 Å². The van der Waals surface area contributed by atoms with E-state index < -0.39 is 0 Å². The normalized spacial score (nSPS) is 22.0. The Labute approximate surface area is 168 Å². The molecule has 0 bridgehead atoms. The topological polar surface area (TPSA) is 88.4 Å². The molecular weight excluding hydrogens is 377 g/mol. The Bertz CT molecular complexity index is 963. The van der Waals surface area contributed by atoms with Crippen LogP contribution in [0.25, 0.3) is 0 Å². The number of hydrogen-bond donors (Lipinski definition) is 1. The number of anilines is 3. The molecule has 2 atom stereocenters. The van der Waals surface area contributed by atoms with E-state index in [1.165, 1.54) is 6.07 Å². The summed E-state index contributed by atoms with van der Waals surface area (Å²) < 4.78 is 22.1. The molecule has 1 aromatic heterocycles. The van der Waals surface area contributed by atoms with Gasteiger partial charge in [0.1, 0.15) is 5.82 Å². The summed E-state index contributed by atoms with van der Waals surface area (Å²) in [5, 5.41) is 14.3. The molecular formula is C19H24FN7O2. The van der Waals surface area contributed by atoms with Crippen molar-refractivity contribution in [2.24, 2.45) is 0 Å². The Morgan fingerprint density at radius 3 is 2.69 bits per heavy atom. The van der Waals surface area contributed by atoms with Gasteiger partial charge in [0.2, 0.25) is 5.95 Å². The number of carbonyl (C=O) groups excluding carboxylic acids is 1. The number of tetrazole rings is 1. The van der Waals surface area contributed by atoms with Gasteiger partial charge in [-0.1, -0.05) is 5.10 Å². The molecule has 1 saturated heterocycles. The van der Waals surface area contributed by atoms with Crippen LogP contribution in [-0.2, 0) is 16.1 Å². The summed E-state index contributed by atoms with van der Waals surface area (Å²) in [4.78, 5) is 16.5. The monoisotopic (exact) mass is 401 g/mol. The molecule has 9 nitrogen and oxygen atoms in total. The number of allylic oxidation sites excluding steroid dienone is 1. The van der Waals surface area contributed by atoms with E-state index in [4.69, 9.17) is 4.74 Å². The van der Waals surface area contributed by atoms with Gasteiger partial charge < -0.3 is 19.9 Å². The van der Waals surface area contributed by atoms with Gasteiger partial charge in [-0.25, -0.2) is 9.07 Å². The lowest BCUT2D eigenvalue weighted by molar-refractivity contribution is -0.113. The minimum Gasteiger partial charge on any atom is -0.372 e. The van der Waals surface area contributed by atoms with Crippen LogP contribution in [0.2, 0.25) is 0 Å². The smallest absolute Gasteiger partial charge is 0.255 e. The number of morpholine rings is 1. The second-order valence-electron chi connectivity index (χ2n) is 7.54. The van der Waals surface area contributed by atoms with Crippen LogP contribution in [0.15, 0.2) is 29.5 Å². The largest absolute Gasteiger partial charge is 0.372 e. The molecule has 1 fully saturated rings. The molecule has 1 aromatic carbocycles. The number of halogens is 1. The number of benzene rings is 1.